The number of ether oxygens (including phenoxy) is 2. The van der Waals surface area contributed by atoms with Crippen LogP contribution in [0.1, 0.15) is 17.3 Å². The quantitative estimate of drug-likeness (QED) is 0.820. The number of benzene rings is 1. The van der Waals surface area contributed by atoms with Crippen LogP contribution in [-0.4, -0.2) is 32.8 Å². The third-order valence-electron chi connectivity index (χ3n) is 2.07. The van der Waals surface area contributed by atoms with Crippen LogP contribution in [0.5, 0.6) is 5.75 Å². The number of rotatable bonds is 6. The molecule has 17 heavy (non-hydrogen) atoms. The zero-order valence-electron chi connectivity index (χ0n) is 9.96. The summed E-state index contributed by atoms with van der Waals surface area (Å²) in [6.07, 6.45) is 0. The minimum atomic E-state index is -0.132. The fourth-order valence-corrected chi connectivity index (χ4v) is 1.63. The van der Waals surface area contributed by atoms with E-state index in [0.29, 0.717) is 31.1 Å². The van der Waals surface area contributed by atoms with Crippen LogP contribution in [-0.2, 0) is 4.74 Å². The summed E-state index contributed by atoms with van der Waals surface area (Å²) in [6, 6.07) is 5.32. The standard InChI is InChI=1S/C12H16BrNO3/c1-3-14-12(15)10-5-4-9(13)8-11(10)17-7-6-16-2/h4-5,8H,3,6-7H2,1-2H3,(H,14,15). The first kappa shape index (κ1) is 14.0. The molecular formula is C12H16BrNO3. The predicted octanol–water partition coefficient (Wildman–Crippen LogP) is 2.22. The number of hydrogen-bond donors (Lipinski definition) is 1. The maximum atomic E-state index is 11.8. The Bertz CT molecular complexity index is 382. The molecule has 0 aliphatic heterocycles. The molecule has 5 heteroatoms. The number of halogens is 1. The van der Waals surface area contributed by atoms with Crippen LogP contribution >= 0.6 is 15.9 Å². The third-order valence-corrected chi connectivity index (χ3v) is 2.56. The number of carbonyl (C=O) groups is 1. The van der Waals surface area contributed by atoms with Gasteiger partial charge in [0.15, 0.2) is 0 Å². The second-order valence-corrected chi connectivity index (χ2v) is 4.26. The normalized spacial score (nSPS) is 10.1. The Morgan fingerprint density at radius 2 is 2.18 bits per heavy atom. The van der Waals surface area contributed by atoms with Crippen molar-refractivity contribution in [1.82, 2.24) is 5.32 Å². The van der Waals surface area contributed by atoms with E-state index in [0.717, 1.165) is 4.47 Å². The molecule has 1 amide bonds. The third kappa shape index (κ3) is 4.36. The van der Waals surface area contributed by atoms with Crippen molar-refractivity contribution in [2.45, 2.75) is 6.92 Å². The highest BCUT2D eigenvalue weighted by Crippen LogP contribution is 2.23. The van der Waals surface area contributed by atoms with Crippen LogP contribution in [0, 0.1) is 0 Å². The van der Waals surface area contributed by atoms with Crippen LogP contribution in [0.15, 0.2) is 22.7 Å². The molecule has 1 aromatic rings. The first-order chi connectivity index (χ1) is 8.19. The Morgan fingerprint density at radius 3 is 2.82 bits per heavy atom. The van der Waals surface area contributed by atoms with Crippen LogP contribution in [0.25, 0.3) is 0 Å². The van der Waals surface area contributed by atoms with E-state index in [1.54, 1.807) is 19.2 Å². The lowest BCUT2D eigenvalue weighted by atomic mass is 10.2. The molecule has 0 radical (unpaired) electrons. The Kier molecular flexibility index (Phi) is 6.00. The number of hydrogen-bond acceptors (Lipinski definition) is 3. The SMILES string of the molecule is CCNC(=O)c1ccc(Br)cc1OCCOC. The van der Waals surface area contributed by atoms with Gasteiger partial charge >= 0.3 is 0 Å². The Labute approximate surface area is 109 Å². The van der Waals surface area contributed by atoms with E-state index in [1.807, 2.05) is 13.0 Å². The van der Waals surface area contributed by atoms with Gasteiger partial charge in [-0.2, -0.15) is 0 Å². The van der Waals surface area contributed by atoms with Crippen LogP contribution < -0.4 is 10.1 Å². The lowest BCUT2D eigenvalue weighted by molar-refractivity contribution is 0.0948. The number of nitrogens with one attached hydrogen (secondary N) is 1. The highest BCUT2D eigenvalue weighted by Gasteiger charge is 2.12. The molecule has 0 saturated heterocycles. The molecule has 0 aromatic heterocycles. The van der Waals surface area contributed by atoms with Gasteiger partial charge in [-0.15, -0.1) is 0 Å². The lowest BCUT2D eigenvalue weighted by Crippen LogP contribution is -2.23. The monoisotopic (exact) mass is 301 g/mol. The second kappa shape index (κ2) is 7.29. The zero-order chi connectivity index (χ0) is 12.7. The maximum absolute atomic E-state index is 11.8. The fourth-order valence-electron chi connectivity index (χ4n) is 1.29. The molecule has 0 fully saturated rings. The van der Waals surface area contributed by atoms with Gasteiger partial charge in [0.05, 0.1) is 12.2 Å². The van der Waals surface area contributed by atoms with Crippen LogP contribution in [0.3, 0.4) is 0 Å². The molecular weight excluding hydrogens is 286 g/mol. The molecule has 0 heterocycles. The van der Waals surface area contributed by atoms with Gasteiger partial charge < -0.3 is 14.8 Å². The fraction of sp³-hybridized carbons (Fsp3) is 0.417. The van der Waals surface area contributed by atoms with E-state index in [4.69, 9.17) is 9.47 Å². The summed E-state index contributed by atoms with van der Waals surface area (Å²) in [4.78, 5) is 11.8. The van der Waals surface area contributed by atoms with Gasteiger partial charge in [0.1, 0.15) is 12.4 Å². The Morgan fingerprint density at radius 1 is 1.41 bits per heavy atom. The van der Waals surface area contributed by atoms with Gasteiger partial charge in [0, 0.05) is 18.1 Å². The smallest absolute Gasteiger partial charge is 0.255 e. The number of methoxy groups -OCH3 is 1. The van der Waals surface area contributed by atoms with Crippen molar-refractivity contribution in [2.24, 2.45) is 0 Å². The first-order valence-corrected chi connectivity index (χ1v) is 6.17. The van der Waals surface area contributed by atoms with Gasteiger partial charge in [-0.1, -0.05) is 15.9 Å². The van der Waals surface area contributed by atoms with E-state index in [2.05, 4.69) is 21.2 Å². The van der Waals surface area contributed by atoms with Crippen molar-refractivity contribution in [1.29, 1.82) is 0 Å². The summed E-state index contributed by atoms with van der Waals surface area (Å²) in [6.45, 7) is 3.37. The van der Waals surface area contributed by atoms with Crippen LogP contribution in [0.4, 0.5) is 0 Å². The largest absolute Gasteiger partial charge is 0.490 e. The van der Waals surface area contributed by atoms with Crippen molar-refractivity contribution < 1.29 is 14.3 Å². The van der Waals surface area contributed by atoms with E-state index < -0.39 is 0 Å². The van der Waals surface area contributed by atoms with Crippen molar-refractivity contribution >= 4 is 21.8 Å². The molecule has 0 unspecified atom stereocenters. The van der Waals surface area contributed by atoms with E-state index in [1.165, 1.54) is 0 Å². The lowest BCUT2D eigenvalue weighted by Gasteiger charge is -2.11. The van der Waals surface area contributed by atoms with Crippen LogP contribution in [0.2, 0.25) is 0 Å². The van der Waals surface area contributed by atoms with Gasteiger partial charge in [0.2, 0.25) is 0 Å². The highest BCUT2D eigenvalue weighted by atomic mass is 79.9. The molecule has 0 aliphatic rings. The zero-order valence-corrected chi connectivity index (χ0v) is 11.5. The molecule has 1 rings (SSSR count). The number of amides is 1. The molecule has 0 atom stereocenters. The van der Waals surface area contributed by atoms with Crippen molar-refractivity contribution in [3.05, 3.63) is 28.2 Å². The summed E-state index contributed by atoms with van der Waals surface area (Å²) >= 11 is 3.35. The minimum absolute atomic E-state index is 0.132. The number of carbonyl (C=O) groups excluding carboxylic acids is 1. The average molecular weight is 302 g/mol. The predicted molar refractivity (Wildman–Crippen MR) is 69.5 cm³/mol. The summed E-state index contributed by atoms with van der Waals surface area (Å²) in [5, 5.41) is 2.75. The molecule has 0 spiro atoms. The summed E-state index contributed by atoms with van der Waals surface area (Å²) in [5.41, 5.74) is 0.533. The van der Waals surface area contributed by atoms with Crippen molar-refractivity contribution in [2.75, 3.05) is 26.9 Å². The Hall–Kier alpha value is -1.07. The molecule has 0 bridgehead atoms. The topological polar surface area (TPSA) is 47.6 Å². The molecule has 1 aromatic carbocycles. The van der Waals surface area contributed by atoms with Crippen molar-refractivity contribution in [3.63, 3.8) is 0 Å². The molecule has 4 nitrogen and oxygen atoms in total. The summed E-state index contributed by atoms with van der Waals surface area (Å²) < 4.78 is 11.3. The Balaban J connectivity index is 2.83. The van der Waals surface area contributed by atoms with Gasteiger partial charge in [-0.3, -0.25) is 4.79 Å². The van der Waals surface area contributed by atoms with Gasteiger partial charge in [-0.25, -0.2) is 0 Å². The first-order valence-electron chi connectivity index (χ1n) is 5.38. The molecule has 94 valence electrons. The molecule has 0 saturated carbocycles. The minimum Gasteiger partial charge on any atom is -0.490 e. The second-order valence-electron chi connectivity index (χ2n) is 3.34. The van der Waals surface area contributed by atoms with Gasteiger partial charge in [0.25, 0.3) is 5.91 Å². The summed E-state index contributed by atoms with van der Waals surface area (Å²) in [5.74, 6) is 0.426. The molecule has 0 aliphatic carbocycles. The van der Waals surface area contributed by atoms with E-state index >= 15 is 0 Å². The molecule has 1 N–H and O–H groups in total. The van der Waals surface area contributed by atoms with Crippen molar-refractivity contribution in [3.8, 4) is 5.75 Å². The highest BCUT2D eigenvalue weighted by molar-refractivity contribution is 9.10. The summed E-state index contributed by atoms with van der Waals surface area (Å²) in [7, 11) is 1.61. The maximum Gasteiger partial charge on any atom is 0.255 e. The van der Waals surface area contributed by atoms with Gasteiger partial charge in [-0.05, 0) is 25.1 Å². The van der Waals surface area contributed by atoms with E-state index in [9.17, 15) is 4.79 Å². The average Bonchev–Trinajstić information content (AvgIpc) is 2.30. The van der Waals surface area contributed by atoms with E-state index in [-0.39, 0.29) is 5.91 Å².